The topological polar surface area (TPSA) is 55.2 Å². The molecule has 4 nitrogen and oxygen atoms in total. The highest BCUT2D eigenvalue weighted by atomic mass is 79.9. The maximum atomic E-state index is 10.6. The van der Waals surface area contributed by atoms with Gasteiger partial charge in [-0.1, -0.05) is 6.07 Å². The van der Waals surface area contributed by atoms with Crippen molar-refractivity contribution in [2.24, 2.45) is 0 Å². The molecular weight excluding hydrogens is 236 g/mol. The van der Waals surface area contributed by atoms with Crippen LogP contribution in [0.25, 0.3) is 0 Å². The standard InChI is InChI=1S/C8H9BrN2O2/c1-5-3-4-6(11(12)13)8(10-2)7(5)9/h3-4,10H,1-2H3. The number of aryl methyl sites for hydroxylation is 1. The van der Waals surface area contributed by atoms with Gasteiger partial charge in [0.05, 0.1) is 9.40 Å². The molecule has 1 N–H and O–H groups in total. The number of benzene rings is 1. The lowest BCUT2D eigenvalue weighted by molar-refractivity contribution is -0.384. The lowest BCUT2D eigenvalue weighted by atomic mass is 10.2. The fourth-order valence-corrected chi connectivity index (χ4v) is 1.59. The van der Waals surface area contributed by atoms with E-state index in [0.29, 0.717) is 5.69 Å². The molecule has 0 bridgehead atoms. The molecule has 0 aliphatic rings. The van der Waals surface area contributed by atoms with Crippen molar-refractivity contribution in [1.82, 2.24) is 0 Å². The zero-order valence-corrected chi connectivity index (χ0v) is 8.88. The summed E-state index contributed by atoms with van der Waals surface area (Å²) in [5.41, 5.74) is 1.57. The summed E-state index contributed by atoms with van der Waals surface area (Å²) in [6, 6.07) is 3.20. The molecule has 0 spiro atoms. The molecular formula is C8H9BrN2O2. The van der Waals surface area contributed by atoms with Crippen molar-refractivity contribution in [3.8, 4) is 0 Å². The van der Waals surface area contributed by atoms with E-state index < -0.39 is 4.92 Å². The highest BCUT2D eigenvalue weighted by molar-refractivity contribution is 9.10. The van der Waals surface area contributed by atoms with Gasteiger partial charge in [0, 0.05) is 13.1 Å². The average molecular weight is 245 g/mol. The van der Waals surface area contributed by atoms with Crippen molar-refractivity contribution in [2.75, 3.05) is 12.4 Å². The second-order valence-corrected chi connectivity index (χ2v) is 3.39. The van der Waals surface area contributed by atoms with Crippen LogP contribution in [0.2, 0.25) is 0 Å². The van der Waals surface area contributed by atoms with Crippen LogP contribution >= 0.6 is 15.9 Å². The van der Waals surface area contributed by atoms with Gasteiger partial charge in [0.2, 0.25) is 0 Å². The summed E-state index contributed by atoms with van der Waals surface area (Å²) in [4.78, 5) is 10.2. The molecule has 1 aromatic rings. The summed E-state index contributed by atoms with van der Waals surface area (Å²) in [5, 5.41) is 13.4. The van der Waals surface area contributed by atoms with Gasteiger partial charge in [0.15, 0.2) is 0 Å². The number of hydrogen-bond donors (Lipinski definition) is 1. The van der Waals surface area contributed by atoms with E-state index in [1.165, 1.54) is 6.07 Å². The first-order chi connectivity index (χ1) is 6.07. The van der Waals surface area contributed by atoms with Crippen LogP contribution < -0.4 is 5.32 Å². The van der Waals surface area contributed by atoms with Gasteiger partial charge in [-0.2, -0.15) is 0 Å². The first kappa shape index (κ1) is 9.98. The highest BCUT2D eigenvalue weighted by Gasteiger charge is 2.16. The number of halogens is 1. The summed E-state index contributed by atoms with van der Waals surface area (Å²) >= 11 is 3.29. The SMILES string of the molecule is CNc1c([N+](=O)[O-])ccc(C)c1Br. The third-order valence-electron chi connectivity index (χ3n) is 1.76. The molecule has 0 heterocycles. The average Bonchev–Trinajstić information content (AvgIpc) is 2.09. The fraction of sp³-hybridized carbons (Fsp3) is 0.250. The molecule has 0 aromatic heterocycles. The van der Waals surface area contributed by atoms with E-state index >= 15 is 0 Å². The largest absolute Gasteiger partial charge is 0.382 e. The molecule has 0 saturated heterocycles. The minimum absolute atomic E-state index is 0.0833. The molecule has 0 aliphatic heterocycles. The third kappa shape index (κ3) is 1.80. The van der Waals surface area contributed by atoms with Gasteiger partial charge < -0.3 is 5.32 Å². The van der Waals surface area contributed by atoms with E-state index in [2.05, 4.69) is 21.2 Å². The molecule has 0 fully saturated rings. The highest BCUT2D eigenvalue weighted by Crippen LogP contribution is 2.34. The van der Waals surface area contributed by atoms with Crippen molar-refractivity contribution in [1.29, 1.82) is 0 Å². The van der Waals surface area contributed by atoms with Crippen LogP contribution in [-0.4, -0.2) is 12.0 Å². The van der Waals surface area contributed by atoms with Gasteiger partial charge in [-0.05, 0) is 28.4 Å². The summed E-state index contributed by atoms with van der Waals surface area (Å²) < 4.78 is 0.740. The molecule has 70 valence electrons. The van der Waals surface area contributed by atoms with Gasteiger partial charge in [0.1, 0.15) is 5.69 Å². The van der Waals surface area contributed by atoms with Gasteiger partial charge in [-0.25, -0.2) is 0 Å². The lowest BCUT2D eigenvalue weighted by Gasteiger charge is -2.06. The normalized spacial score (nSPS) is 9.77. The number of nitro groups is 1. The van der Waals surface area contributed by atoms with Crippen molar-refractivity contribution in [2.45, 2.75) is 6.92 Å². The Morgan fingerprint density at radius 2 is 2.15 bits per heavy atom. The number of nitrogens with zero attached hydrogens (tertiary/aromatic N) is 1. The van der Waals surface area contributed by atoms with Crippen LogP contribution in [-0.2, 0) is 0 Å². The lowest BCUT2D eigenvalue weighted by Crippen LogP contribution is -1.98. The Balaban J connectivity index is 3.38. The molecule has 0 radical (unpaired) electrons. The summed E-state index contributed by atoms with van der Waals surface area (Å²) in [7, 11) is 1.66. The predicted octanol–water partition coefficient (Wildman–Crippen LogP) is 2.71. The summed E-state index contributed by atoms with van der Waals surface area (Å²) in [5.74, 6) is 0. The number of hydrogen-bond acceptors (Lipinski definition) is 3. The van der Waals surface area contributed by atoms with E-state index in [0.717, 1.165) is 10.0 Å². The second kappa shape index (κ2) is 3.74. The Bertz CT molecular complexity index is 352. The van der Waals surface area contributed by atoms with E-state index in [1.54, 1.807) is 13.1 Å². The quantitative estimate of drug-likeness (QED) is 0.643. The molecule has 0 atom stereocenters. The monoisotopic (exact) mass is 244 g/mol. The van der Waals surface area contributed by atoms with Gasteiger partial charge in [0.25, 0.3) is 5.69 Å². The van der Waals surface area contributed by atoms with Gasteiger partial charge in [-0.15, -0.1) is 0 Å². The minimum Gasteiger partial charge on any atom is -0.382 e. The third-order valence-corrected chi connectivity index (χ3v) is 2.78. The molecule has 1 aromatic carbocycles. The van der Waals surface area contributed by atoms with E-state index in [-0.39, 0.29) is 5.69 Å². The fourth-order valence-electron chi connectivity index (χ4n) is 1.06. The number of rotatable bonds is 2. The summed E-state index contributed by atoms with van der Waals surface area (Å²) in [6.45, 7) is 1.88. The van der Waals surface area contributed by atoms with Crippen LogP contribution in [0, 0.1) is 17.0 Å². The summed E-state index contributed by atoms with van der Waals surface area (Å²) in [6.07, 6.45) is 0. The minimum atomic E-state index is -0.407. The molecule has 0 saturated carbocycles. The zero-order valence-electron chi connectivity index (χ0n) is 7.30. The number of anilines is 1. The van der Waals surface area contributed by atoms with Gasteiger partial charge in [-0.3, -0.25) is 10.1 Å². The molecule has 5 heteroatoms. The Kier molecular flexibility index (Phi) is 2.87. The number of nitro benzene ring substituents is 1. The maximum Gasteiger partial charge on any atom is 0.293 e. The maximum absolute atomic E-state index is 10.6. The Morgan fingerprint density at radius 1 is 1.54 bits per heavy atom. The Hall–Kier alpha value is -1.10. The second-order valence-electron chi connectivity index (χ2n) is 2.60. The first-order valence-electron chi connectivity index (χ1n) is 3.69. The van der Waals surface area contributed by atoms with Crippen molar-refractivity contribution < 1.29 is 4.92 Å². The smallest absolute Gasteiger partial charge is 0.293 e. The van der Waals surface area contributed by atoms with Crippen LogP contribution in [0.1, 0.15) is 5.56 Å². The van der Waals surface area contributed by atoms with E-state index in [9.17, 15) is 10.1 Å². The molecule has 1 rings (SSSR count). The van der Waals surface area contributed by atoms with Gasteiger partial charge >= 0.3 is 0 Å². The van der Waals surface area contributed by atoms with Crippen LogP contribution in [0.4, 0.5) is 11.4 Å². The van der Waals surface area contributed by atoms with Crippen molar-refractivity contribution >= 4 is 27.3 Å². The zero-order chi connectivity index (χ0) is 10.0. The molecule has 13 heavy (non-hydrogen) atoms. The van der Waals surface area contributed by atoms with E-state index in [4.69, 9.17) is 0 Å². The van der Waals surface area contributed by atoms with Crippen LogP contribution in [0.15, 0.2) is 16.6 Å². The molecule has 0 amide bonds. The molecule has 0 aliphatic carbocycles. The Labute approximate surface area is 84.2 Å². The first-order valence-corrected chi connectivity index (χ1v) is 4.48. The molecule has 0 unspecified atom stereocenters. The Morgan fingerprint density at radius 3 is 2.62 bits per heavy atom. The predicted molar refractivity (Wildman–Crippen MR) is 55.1 cm³/mol. The van der Waals surface area contributed by atoms with Crippen LogP contribution in [0.3, 0.4) is 0 Å². The van der Waals surface area contributed by atoms with Crippen molar-refractivity contribution in [3.63, 3.8) is 0 Å². The van der Waals surface area contributed by atoms with Crippen LogP contribution in [0.5, 0.6) is 0 Å². The van der Waals surface area contributed by atoms with Crippen molar-refractivity contribution in [3.05, 3.63) is 32.3 Å². The van der Waals surface area contributed by atoms with E-state index in [1.807, 2.05) is 6.92 Å². The number of nitrogens with one attached hydrogen (secondary N) is 1.